The van der Waals surface area contributed by atoms with E-state index in [2.05, 4.69) is 9.73 Å². The average Bonchev–Trinajstić information content (AvgIpc) is 2.13. The van der Waals surface area contributed by atoms with Gasteiger partial charge in [-0.05, 0) is 13.2 Å². The molecule has 0 bridgehead atoms. The molecule has 0 aliphatic heterocycles. The molecular formula is C7H13N3O2S. The molecule has 4 N–H and O–H groups in total. The molecule has 0 atom stereocenters. The quantitative estimate of drug-likeness (QED) is 0.292. The second-order valence-electron chi connectivity index (χ2n) is 1.98. The number of rotatable bonds is 3. The summed E-state index contributed by atoms with van der Waals surface area (Å²) >= 11 is 1.27. The molecule has 0 amide bonds. The van der Waals surface area contributed by atoms with Crippen LogP contribution in [0.5, 0.6) is 0 Å². The van der Waals surface area contributed by atoms with Crippen molar-refractivity contribution in [3.8, 4) is 0 Å². The monoisotopic (exact) mass is 203 g/mol. The maximum Gasteiger partial charge on any atom is 0.355 e. The van der Waals surface area contributed by atoms with Crippen LogP contribution in [0.25, 0.3) is 0 Å². The highest BCUT2D eigenvalue weighted by Crippen LogP contribution is 1.94. The van der Waals surface area contributed by atoms with E-state index in [0.29, 0.717) is 5.17 Å². The molecule has 0 rings (SSSR count). The number of carbonyl (C=O) groups excluding carboxylic acids is 1. The standard InChI is InChI=1S/C7H13N3O2S/c1-3-12-6(11)5(8)4-10-7(9)13-2/h4H,3,8H2,1-2H3,(H2,9,10)/b5-4-. The molecule has 0 aromatic heterocycles. The van der Waals surface area contributed by atoms with Crippen LogP contribution in [-0.2, 0) is 9.53 Å². The highest BCUT2D eigenvalue weighted by Gasteiger charge is 2.03. The Balaban J connectivity index is 4.24. The zero-order chi connectivity index (χ0) is 10.3. The van der Waals surface area contributed by atoms with Gasteiger partial charge in [0.1, 0.15) is 5.70 Å². The Labute approximate surface area is 81.2 Å². The Morgan fingerprint density at radius 1 is 1.62 bits per heavy atom. The third kappa shape index (κ3) is 5.13. The first-order chi connectivity index (χ1) is 6.11. The number of esters is 1. The van der Waals surface area contributed by atoms with E-state index in [-0.39, 0.29) is 12.3 Å². The average molecular weight is 203 g/mol. The first kappa shape index (κ1) is 11.8. The molecule has 13 heavy (non-hydrogen) atoms. The summed E-state index contributed by atoms with van der Waals surface area (Å²) < 4.78 is 4.62. The number of ether oxygens (including phenoxy) is 1. The lowest BCUT2D eigenvalue weighted by atomic mass is 10.5. The minimum atomic E-state index is -0.583. The minimum Gasteiger partial charge on any atom is -0.461 e. The molecular weight excluding hydrogens is 190 g/mol. The molecule has 0 aliphatic carbocycles. The fourth-order valence-corrected chi connectivity index (χ4v) is 0.611. The van der Waals surface area contributed by atoms with E-state index >= 15 is 0 Å². The molecule has 0 radical (unpaired) electrons. The first-order valence-electron chi connectivity index (χ1n) is 3.61. The summed E-state index contributed by atoms with van der Waals surface area (Å²) in [7, 11) is 0. The van der Waals surface area contributed by atoms with Crippen LogP contribution in [-0.4, -0.2) is 24.0 Å². The summed E-state index contributed by atoms with van der Waals surface area (Å²) in [6.45, 7) is 1.99. The zero-order valence-corrected chi connectivity index (χ0v) is 8.43. The van der Waals surface area contributed by atoms with Crippen molar-refractivity contribution in [1.82, 2.24) is 0 Å². The fourth-order valence-electron chi connectivity index (χ4n) is 0.453. The SMILES string of the molecule is CCOC(=O)/C(N)=C/N=C(N)SC. The molecule has 0 unspecified atom stereocenters. The number of thioether (sulfide) groups is 1. The number of hydrogen-bond acceptors (Lipinski definition) is 5. The lowest BCUT2D eigenvalue weighted by Crippen LogP contribution is -2.15. The van der Waals surface area contributed by atoms with Gasteiger partial charge >= 0.3 is 5.97 Å². The Bertz CT molecular complexity index is 238. The van der Waals surface area contributed by atoms with Gasteiger partial charge < -0.3 is 16.2 Å². The normalized spacial score (nSPS) is 12.8. The van der Waals surface area contributed by atoms with E-state index in [9.17, 15) is 4.79 Å². The predicted molar refractivity (Wildman–Crippen MR) is 54.0 cm³/mol. The third-order valence-electron chi connectivity index (χ3n) is 1.05. The van der Waals surface area contributed by atoms with E-state index in [1.54, 1.807) is 13.2 Å². The molecule has 0 fully saturated rings. The summed E-state index contributed by atoms with van der Waals surface area (Å²) in [5, 5.41) is 0.340. The van der Waals surface area contributed by atoms with Gasteiger partial charge in [0.25, 0.3) is 0 Å². The number of nitrogens with zero attached hydrogens (tertiary/aromatic N) is 1. The summed E-state index contributed by atoms with van der Waals surface area (Å²) in [4.78, 5) is 14.6. The van der Waals surface area contributed by atoms with Crippen LogP contribution in [0, 0.1) is 0 Å². The third-order valence-corrected chi connectivity index (χ3v) is 1.57. The lowest BCUT2D eigenvalue weighted by molar-refractivity contribution is -0.138. The molecule has 0 saturated heterocycles. The van der Waals surface area contributed by atoms with Gasteiger partial charge in [0.05, 0.1) is 12.8 Å². The maximum atomic E-state index is 10.9. The van der Waals surface area contributed by atoms with E-state index in [0.717, 1.165) is 0 Å². The molecule has 0 aromatic rings. The van der Waals surface area contributed by atoms with Crippen molar-refractivity contribution in [3.63, 3.8) is 0 Å². The van der Waals surface area contributed by atoms with Crippen molar-refractivity contribution >= 4 is 22.9 Å². The zero-order valence-electron chi connectivity index (χ0n) is 7.61. The second-order valence-corrected chi connectivity index (χ2v) is 2.80. The highest BCUT2D eigenvalue weighted by molar-refractivity contribution is 8.13. The number of aliphatic imine (C=N–C) groups is 1. The Morgan fingerprint density at radius 3 is 2.69 bits per heavy atom. The molecule has 0 aromatic carbocycles. The van der Waals surface area contributed by atoms with Crippen molar-refractivity contribution in [1.29, 1.82) is 0 Å². The van der Waals surface area contributed by atoms with Crippen LogP contribution in [0.15, 0.2) is 16.9 Å². The number of hydrogen-bond donors (Lipinski definition) is 2. The van der Waals surface area contributed by atoms with Crippen LogP contribution in [0.1, 0.15) is 6.92 Å². The predicted octanol–water partition coefficient (Wildman–Crippen LogP) is 0.0273. The van der Waals surface area contributed by atoms with Gasteiger partial charge in [-0.25, -0.2) is 9.79 Å². The molecule has 6 heteroatoms. The summed E-state index contributed by atoms with van der Waals surface area (Å²) in [5.41, 5.74) is 10.6. The van der Waals surface area contributed by atoms with Crippen molar-refractivity contribution in [2.75, 3.05) is 12.9 Å². The second kappa shape index (κ2) is 6.36. The number of nitrogens with two attached hydrogens (primary N) is 2. The molecule has 0 spiro atoms. The van der Waals surface area contributed by atoms with Gasteiger partial charge in [-0.1, -0.05) is 11.8 Å². The van der Waals surface area contributed by atoms with Gasteiger partial charge in [0.2, 0.25) is 0 Å². The van der Waals surface area contributed by atoms with Gasteiger partial charge in [-0.15, -0.1) is 0 Å². The van der Waals surface area contributed by atoms with Crippen molar-refractivity contribution in [2.24, 2.45) is 16.5 Å². The Hall–Kier alpha value is -1.17. The van der Waals surface area contributed by atoms with Crippen LogP contribution >= 0.6 is 11.8 Å². The van der Waals surface area contributed by atoms with Crippen molar-refractivity contribution < 1.29 is 9.53 Å². The Morgan fingerprint density at radius 2 is 2.23 bits per heavy atom. The Kier molecular flexibility index (Phi) is 5.79. The molecule has 0 heterocycles. The van der Waals surface area contributed by atoms with Crippen molar-refractivity contribution in [3.05, 3.63) is 11.9 Å². The van der Waals surface area contributed by atoms with Crippen LogP contribution in [0.2, 0.25) is 0 Å². The summed E-state index contributed by atoms with van der Waals surface area (Å²) in [6, 6.07) is 0. The number of amidine groups is 1. The summed E-state index contributed by atoms with van der Waals surface area (Å²) in [6.07, 6.45) is 2.96. The van der Waals surface area contributed by atoms with E-state index in [4.69, 9.17) is 11.5 Å². The van der Waals surface area contributed by atoms with Crippen LogP contribution in [0.3, 0.4) is 0 Å². The van der Waals surface area contributed by atoms with Gasteiger partial charge in [0, 0.05) is 0 Å². The van der Waals surface area contributed by atoms with E-state index in [1.165, 1.54) is 18.0 Å². The number of carbonyl (C=O) groups is 1. The van der Waals surface area contributed by atoms with E-state index < -0.39 is 5.97 Å². The fraction of sp³-hybridized carbons (Fsp3) is 0.429. The van der Waals surface area contributed by atoms with Gasteiger partial charge in [-0.2, -0.15) is 0 Å². The maximum absolute atomic E-state index is 10.9. The first-order valence-corrected chi connectivity index (χ1v) is 4.84. The van der Waals surface area contributed by atoms with Crippen LogP contribution in [0.4, 0.5) is 0 Å². The molecule has 0 aliphatic rings. The molecule has 74 valence electrons. The van der Waals surface area contributed by atoms with Gasteiger partial charge in [0.15, 0.2) is 5.17 Å². The van der Waals surface area contributed by atoms with Gasteiger partial charge in [-0.3, -0.25) is 0 Å². The molecule has 0 saturated carbocycles. The molecule has 5 nitrogen and oxygen atoms in total. The largest absolute Gasteiger partial charge is 0.461 e. The highest BCUT2D eigenvalue weighted by atomic mass is 32.2. The van der Waals surface area contributed by atoms with Crippen LogP contribution < -0.4 is 11.5 Å². The smallest absolute Gasteiger partial charge is 0.355 e. The van der Waals surface area contributed by atoms with E-state index in [1.807, 2.05) is 0 Å². The minimum absolute atomic E-state index is 0.0566. The van der Waals surface area contributed by atoms with Crippen molar-refractivity contribution in [2.45, 2.75) is 6.92 Å². The lowest BCUT2D eigenvalue weighted by Gasteiger charge is -1.99. The summed E-state index contributed by atoms with van der Waals surface area (Å²) in [5.74, 6) is -0.583. The topological polar surface area (TPSA) is 90.7 Å².